The van der Waals surface area contributed by atoms with Gasteiger partial charge >= 0.3 is 5.97 Å². The van der Waals surface area contributed by atoms with Gasteiger partial charge in [0.2, 0.25) is 0 Å². The molecule has 4 N–H and O–H groups in total. The van der Waals surface area contributed by atoms with Gasteiger partial charge in [0, 0.05) is 26.1 Å². The van der Waals surface area contributed by atoms with Crippen LogP contribution in [0.2, 0.25) is 0 Å². The minimum Gasteiger partial charge on any atom is -0.463 e. The molecule has 0 saturated heterocycles. The topological polar surface area (TPSA) is 84.6 Å². The van der Waals surface area contributed by atoms with Gasteiger partial charge < -0.3 is 20.9 Å². The second-order valence-electron chi connectivity index (χ2n) is 7.41. The van der Waals surface area contributed by atoms with E-state index in [2.05, 4.69) is 26.1 Å². The van der Waals surface area contributed by atoms with E-state index in [4.69, 9.17) is 10.5 Å². The van der Waals surface area contributed by atoms with Crippen LogP contribution in [0.25, 0.3) is 0 Å². The summed E-state index contributed by atoms with van der Waals surface area (Å²) in [5, 5.41) is 13.0. The molecule has 3 atom stereocenters. The number of hydrogen-bond donors (Lipinski definition) is 3. The molecule has 0 bridgehead atoms. The Hall–Kier alpha value is -0.650. The van der Waals surface area contributed by atoms with Crippen LogP contribution in [-0.2, 0) is 9.53 Å². The first-order valence-corrected chi connectivity index (χ1v) is 7.40. The fourth-order valence-electron chi connectivity index (χ4n) is 3.66. The Morgan fingerprint density at radius 1 is 1.45 bits per heavy atom. The van der Waals surface area contributed by atoms with E-state index in [9.17, 15) is 9.90 Å². The lowest BCUT2D eigenvalue weighted by Gasteiger charge is -2.46. The highest BCUT2D eigenvalue weighted by Crippen LogP contribution is 2.45. The van der Waals surface area contributed by atoms with E-state index >= 15 is 0 Å². The molecule has 0 heterocycles. The first kappa shape index (κ1) is 17.4. The molecule has 1 aliphatic rings. The number of rotatable bonds is 6. The highest BCUT2D eigenvalue weighted by Gasteiger charge is 2.39. The van der Waals surface area contributed by atoms with Crippen molar-refractivity contribution in [3.63, 3.8) is 0 Å². The summed E-state index contributed by atoms with van der Waals surface area (Å²) in [6.07, 6.45) is 2.54. The van der Waals surface area contributed by atoms with Crippen LogP contribution in [-0.4, -0.2) is 42.9 Å². The van der Waals surface area contributed by atoms with Crippen molar-refractivity contribution in [2.75, 3.05) is 19.7 Å². The zero-order valence-electron chi connectivity index (χ0n) is 13.2. The second-order valence-corrected chi connectivity index (χ2v) is 7.41. The number of nitrogens with two attached hydrogens (primary N) is 1. The molecule has 0 aromatic carbocycles. The summed E-state index contributed by atoms with van der Waals surface area (Å²) >= 11 is 0. The third kappa shape index (κ3) is 6.20. The van der Waals surface area contributed by atoms with Gasteiger partial charge in [0.25, 0.3) is 0 Å². The minimum atomic E-state index is -0.659. The highest BCUT2D eigenvalue weighted by molar-refractivity contribution is 5.65. The first-order valence-electron chi connectivity index (χ1n) is 7.40. The zero-order chi connectivity index (χ0) is 15.4. The van der Waals surface area contributed by atoms with Gasteiger partial charge in [-0.25, -0.2) is 0 Å². The van der Waals surface area contributed by atoms with Crippen molar-refractivity contribution in [1.82, 2.24) is 5.32 Å². The summed E-state index contributed by atoms with van der Waals surface area (Å²) in [5.74, 6) is -0.365. The van der Waals surface area contributed by atoms with Crippen molar-refractivity contribution < 1.29 is 14.6 Å². The van der Waals surface area contributed by atoms with Gasteiger partial charge in [-0.2, -0.15) is 0 Å². The van der Waals surface area contributed by atoms with Crippen molar-refractivity contribution in [2.24, 2.45) is 16.6 Å². The minimum absolute atomic E-state index is 0.0457. The van der Waals surface area contributed by atoms with Gasteiger partial charge in [0.15, 0.2) is 0 Å². The Morgan fingerprint density at radius 2 is 2.10 bits per heavy atom. The lowest BCUT2D eigenvalue weighted by molar-refractivity contribution is -0.143. The maximum Gasteiger partial charge on any atom is 0.302 e. The predicted octanol–water partition coefficient (Wildman–Crippen LogP) is 1.04. The van der Waals surface area contributed by atoms with Crippen LogP contribution in [0.5, 0.6) is 0 Å². The molecule has 0 aromatic rings. The van der Waals surface area contributed by atoms with Crippen LogP contribution >= 0.6 is 0 Å². The number of aliphatic hydroxyl groups is 1. The van der Waals surface area contributed by atoms with Crippen molar-refractivity contribution >= 4 is 5.97 Å². The quantitative estimate of drug-likeness (QED) is 0.635. The summed E-state index contributed by atoms with van der Waals surface area (Å²) in [4.78, 5) is 10.7. The third-order valence-corrected chi connectivity index (χ3v) is 3.89. The molecule has 20 heavy (non-hydrogen) atoms. The zero-order valence-corrected chi connectivity index (χ0v) is 13.2. The highest BCUT2D eigenvalue weighted by atomic mass is 16.5. The molecule has 3 unspecified atom stereocenters. The Labute approximate surface area is 122 Å². The molecular weight excluding hydrogens is 256 g/mol. The molecule has 118 valence electrons. The maximum absolute atomic E-state index is 10.7. The van der Waals surface area contributed by atoms with Gasteiger partial charge in [-0.1, -0.05) is 20.8 Å². The average molecular weight is 286 g/mol. The number of ether oxygens (including phenoxy) is 1. The molecule has 0 radical (unpaired) electrons. The molecule has 1 saturated carbocycles. The summed E-state index contributed by atoms with van der Waals surface area (Å²) in [7, 11) is 0. The van der Waals surface area contributed by atoms with E-state index in [0.29, 0.717) is 6.54 Å². The van der Waals surface area contributed by atoms with Crippen LogP contribution in [0.3, 0.4) is 0 Å². The number of hydrogen-bond acceptors (Lipinski definition) is 5. The van der Waals surface area contributed by atoms with Crippen LogP contribution in [0, 0.1) is 10.8 Å². The Balaban J connectivity index is 2.34. The summed E-state index contributed by atoms with van der Waals surface area (Å²) in [6.45, 7) is 9.41. The molecule has 0 spiro atoms. The smallest absolute Gasteiger partial charge is 0.302 e. The fraction of sp³-hybridized carbons (Fsp3) is 0.933. The standard InChI is InChI=1S/C15H30N2O3/c1-11(18)20-8-13(19)7-17-10-15(4)6-12(16)5-14(2,3)9-15/h12-13,17,19H,5-10,16H2,1-4H3. The van der Waals surface area contributed by atoms with Gasteiger partial charge in [-0.15, -0.1) is 0 Å². The van der Waals surface area contributed by atoms with Crippen molar-refractivity contribution in [1.29, 1.82) is 0 Å². The summed E-state index contributed by atoms with van der Waals surface area (Å²) in [5.41, 5.74) is 6.59. The molecule has 5 heteroatoms. The summed E-state index contributed by atoms with van der Waals surface area (Å²) in [6, 6.07) is 0.247. The van der Waals surface area contributed by atoms with Crippen molar-refractivity contribution in [2.45, 2.75) is 59.1 Å². The van der Waals surface area contributed by atoms with Gasteiger partial charge in [-0.3, -0.25) is 4.79 Å². The molecule has 1 fully saturated rings. The number of carbonyl (C=O) groups is 1. The molecule has 1 aliphatic carbocycles. The maximum atomic E-state index is 10.7. The number of aliphatic hydroxyl groups excluding tert-OH is 1. The average Bonchev–Trinajstić information content (AvgIpc) is 2.22. The van der Waals surface area contributed by atoms with Crippen LogP contribution in [0.4, 0.5) is 0 Å². The van der Waals surface area contributed by atoms with Gasteiger partial charge in [-0.05, 0) is 30.1 Å². The van der Waals surface area contributed by atoms with Crippen molar-refractivity contribution in [3.8, 4) is 0 Å². The summed E-state index contributed by atoms with van der Waals surface area (Å²) < 4.78 is 4.77. The van der Waals surface area contributed by atoms with Crippen molar-refractivity contribution in [3.05, 3.63) is 0 Å². The third-order valence-electron chi connectivity index (χ3n) is 3.89. The lowest BCUT2D eigenvalue weighted by atomic mass is 9.63. The van der Waals surface area contributed by atoms with Crippen LogP contribution in [0.1, 0.15) is 47.0 Å². The molecule has 0 amide bonds. The van der Waals surface area contributed by atoms with Crippen LogP contribution in [0.15, 0.2) is 0 Å². The Kier molecular flexibility index (Phi) is 5.98. The van der Waals surface area contributed by atoms with Crippen LogP contribution < -0.4 is 11.1 Å². The van der Waals surface area contributed by atoms with E-state index in [1.165, 1.54) is 6.92 Å². The number of esters is 1. The fourth-order valence-corrected chi connectivity index (χ4v) is 3.66. The predicted molar refractivity (Wildman–Crippen MR) is 79.2 cm³/mol. The van der Waals surface area contributed by atoms with Gasteiger partial charge in [0.05, 0.1) is 0 Å². The second kappa shape index (κ2) is 6.87. The number of carbonyl (C=O) groups excluding carboxylic acids is 1. The molecule has 1 rings (SSSR count). The van der Waals surface area contributed by atoms with Gasteiger partial charge in [0.1, 0.15) is 12.7 Å². The Bertz CT molecular complexity index is 333. The molecule has 0 aromatic heterocycles. The normalized spacial score (nSPS) is 30.8. The van der Waals surface area contributed by atoms with E-state index in [1.54, 1.807) is 0 Å². The largest absolute Gasteiger partial charge is 0.463 e. The first-order chi connectivity index (χ1) is 9.12. The SMILES string of the molecule is CC(=O)OCC(O)CNCC1(C)CC(N)CC(C)(C)C1. The molecular formula is C15H30N2O3. The van der Waals surface area contributed by atoms with E-state index in [-0.39, 0.29) is 29.4 Å². The Morgan fingerprint density at radius 3 is 2.65 bits per heavy atom. The lowest BCUT2D eigenvalue weighted by Crippen LogP contribution is -2.47. The van der Waals surface area contributed by atoms with E-state index in [1.807, 2.05) is 0 Å². The number of nitrogens with one attached hydrogen (secondary N) is 1. The monoisotopic (exact) mass is 286 g/mol. The molecule has 0 aliphatic heterocycles. The molecule has 5 nitrogen and oxygen atoms in total. The van der Waals surface area contributed by atoms with E-state index < -0.39 is 6.10 Å². The van der Waals surface area contributed by atoms with E-state index in [0.717, 1.165) is 25.8 Å².